The fourth-order valence-electron chi connectivity index (χ4n) is 1.65. The van der Waals surface area contributed by atoms with E-state index in [1.807, 2.05) is 22.6 Å². The molecule has 0 saturated carbocycles. The predicted octanol–water partition coefficient (Wildman–Crippen LogP) is 3.60. The van der Waals surface area contributed by atoms with Crippen molar-refractivity contribution in [3.63, 3.8) is 0 Å². The van der Waals surface area contributed by atoms with Crippen molar-refractivity contribution in [1.82, 2.24) is 0 Å². The van der Waals surface area contributed by atoms with Crippen LogP contribution in [0.5, 0.6) is 5.75 Å². The average Bonchev–Trinajstić information content (AvgIpc) is 2.43. The maximum absolute atomic E-state index is 12.1. The van der Waals surface area contributed by atoms with Gasteiger partial charge in [-0.25, -0.2) is 4.79 Å². The summed E-state index contributed by atoms with van der Waals surface area (Å²) in [4.78, 5) is 23.2. The van der Waals surface area contributed by atoms with Gasteiger partial charge in [0.15, 0.2) is 0 Å². The molecule has 0 fully saturated rings. The largest absolute Gasteiger partial charge is 0.508 e. The third-order valence-corrected chi connectivity index (χ3v) is 4.24. The molecule has 2 aromatic carbocycles. The van der Waals surface area contributed by atoms with Crippen LogP contribution in [0.3, 0.4) is 0 Å². The number of halogens is 2. The van der Waals surface area contributed by atoms with Crippen LogP contribution >= 0.6 is 34.2 Å². The number of aromatic hydroxyl groups is 1. The molecule has 5 nitrogen and oxygen atoms in total. The third kappa shape index (κ3) is 3.64. The van der Waals surface area contributed by atoms with Crippen LogP contribution in [0, 0.1) is 3.57 Å². The van der Waals surface area contributed by atoms with Crippen LogP contribution in [0.1, 0.15) is 20.7 Å². The van der Waals surface area contributed by atoms with Crippen molar-refractivity contribution in [2.45, 2.75) is 0 Å². The number of carbonyl (C=O) groups is 2. The number of carboxylic acid groups (broad SMARTS) is 1. The number of anilines is 1. The molecule has 3 N–H and O–H groups in total. The van der Waals surface area contributed by atoms with Crippen LogP contribution < -0.4 is 5.32 Å². The number of phenols is 1. The van der Waals surface area contributed by atoms with E-state index in [1.165, 1.54) is 18.2 Å². The van der Waals surface area contributed by atoms with Gasteiger partial charge in [0.05, 0.1) is 16.3 Å². The maximum Gasteiger partial charge on any atom is 0.337 e. The molecule has 2 rings (SSSR count). The number of rotatable bonds is 3. The number of hydrogen-bond donors (Lipinski definition) is 3. The van der Waals surface area contributed by atoms with Crippen LogP contribution in [0.2, 0.25) is 5.02 Å². The van der Waals surface area contributed by atoms with Crippen molar-refractivity contribution < 1.29 is 19.8 Å². The van der Waals surface area contributed by atoms with Gasteiger partial charge in [-0.1, -0.05) is 11.6 Å². The van der Waals surface area contributed by atoms with Gasteiger partial charge in [0, 0.05) is 9.13 Å². The van der Waals surface area contributed by atoms with E-state index in [9.17, 15) is 14.7 Å². The summed E-state index contributed by atoms with van der Waals surface area (Å²) in [5.41, 5.74) is 0.213. The van der Waals surface area contributed by atoms with Gasteiger partial charge in [0.25, 0.3) is 5.91 Å². The Morgan fingerprint density at radius 2 is 1.86 bits per heavy atom. The summed E-state index contributed by atoms with van der Waals surface area (Å²) in [5.74, 6) is -1.92. The van der Waals surface area contributed by atoms with Crippen LogP contribution in [-0.4, -0.2) is 22.1 Å². The molecule has 0 aliphatic heterocycles. The molecule has 0 saturated heterocycles. The second-order valence-electron chi connectivity index (χ2n) is 4.12. The molecule has 0 bridgehead atoms. The summed E-state index contributed by atoms with van der Waals surface area (Å²) in [6.07, 6.45) is 0. The van der Waals surface area contributed by atoms with E-state index >= 15 is 0 Å². The highest BCUT2D eigenvalue weighted by Gasteiger charge is 2.15. The topological polar surface area (TPSA) is 86.6 Å². The molecule has 0 atom stereocenters. The van der Waals surface area contributed by atoms with Gasteiger partial charge < -0.3 is 15.5 Å². The zero-order valence-corrected chi connectivity index (χ0v) is 13.3. The summed E-state index contributed by atoms with van der Waals surface area (Å²) >= 11 is 7.99. The number of carbonyl (C=O) groups excluding carboxylic acids is 1. The fraction of sp³-hybridized carbons (Fsp3) is 0. The highest BCUT2D eigenvalue weighted by molar-refractivity contribution is 14.1. The molecule has 7 heteroatoms. The lowest BCUT2D eigenvalue weighted by Gasteiger charge is -2.09. The smallest absolute Gasteiger partial charge is 0.337 e. The van der Waals surface area contributed by atoms with Crippen LogP contribution in [-0.2, 0) is 0 Å². The Morgan fingerprint density at radius 3 is 2.48 bits per heavy atom. The highest BCUT2D eigenvalue weighted by Crippen LogP contribution is 2.23. The first-order chi connectivity index (χ1) is 9.88. The van der Waals surface area contributed by atoms with Gasteiger partial charge in [0.2, 0.25) is 0 Å². The van der Waals surface area contributed by atoms with Gasteiger partial charge in [-0.3, -0.25) is 4.79 Å². The Hall–Kier alpha value is -1.80. The van der Waals surface area contributed by atoms with Crippen molar-refractivity contribution in [3.05, 3.63) is 56.1 Å². The fourth-order valence-corrected chi connectivity index (χ4v) is 2.17. The van der Waals surface area contributed by atoms with Crippen LogP contribution in [0.25, 0.3) is 0 Å². The average molecular weight is 418 g/mol. The number of amides is 1. The van der Waals surface area contributed by atoms with Gasteiger partial charge in [-0.2, -0.15) is 0 Å². The first-order valence-electron chi connectivity index (χ1n) is 5.71. The normalized spacial score (nSPS) is 10.2. The molecule has 0 heterocycles. The van der Waals surface area contributed by atoms with Crippen molar-refractivity contribution >= 4 is 51.8 Å². The number of carboxylic acids is 1. The predicted molar refractivity (Wildman–Crippen MR) is 87.2 cm³/mol. The van der Waals surface area contributed by atoms with Gasteiger partial charge in [-0.15, -0.1) is 0 Å². The Morgan fingerprint density at radius 1 is 1.14 bits per heavy atom. The van der Waals surface area contributed by atoms with Gasteiger partial charge in [-0.05, 0) is 59.0 Å². The zero-order chi connectivity index (χ0) is 15.6. The number of benzene rings is 2. The maximum atomic E-state index is 12.1. The molecular formula is C14H9ClINO4. The first kappa shape index (κ1) is 15.6. The van der Waals surface area contributed by atoms with Crippen LogP contribution in [0.4, 0.5) is 5.69 Å². The van der Waals surface area contributed by atoms with Crippen molar-refractivity contribution in [3.8, 4) is 5.75 Å². The monoisotopic (exact) mass is 417 g/mol. The number of nitrogens with one attached hydrogen (secondary N) is 1. The van der Waals surface area contributed by atoms with Crippen LogP contribution in [0.15, 0.2) is 36.4 Å². The van der Waals surface area contributed by atoms with Gasteiger partial charge >= 0.3 is 5.97 Å². The Bertz CT molecular complexity index is 733. The zero-order valence-electron chi connectivity index (χ0n) is 10.4. The standard InChI is InChI=1S/C14H9ClINO4/c15-10-5-7(1-3-11(10)16)13(19)17-12-4-2-8(18)6-9(12)14(20)21/h1-6,18H,(H,17,19)(H,20,21). The summed E-state index contributed by atoms with van der Waals surface area (Å²) in [6.45, 7) is 0. The molecule has 0 unspecified atom stereocenters. The molecule has 0 aromatic heterocycles. The van der Waals surface area contributed by atoms with Gasteiger partial charge in [0.1, 0.15) is 5.75 Å². The quantitative estimate of drug-likeness (QED) is 0.526. The summed E-state index contributed by atoms with van der Waals surface area (Å²) in [7, 11) is 0. The minimum absolute atomic E-state index is 0.0972. The second kappa shape index (κ2) is 6.31. The molecule has 0 aliphatic carbocycles. The Labute approximate surface area is 138 Å². The number of hydrogen-bond acceptors (Lipinski definition) is 3. The van der Waals surface area contributed by atoms with E-state index < -0.39 is 11.9 Å². The lowest BCUT2D eigenvalue weighted by molar-refractivity contribution is 0.0697. The summed E-state index contributed by atoms with van der Waals surface area (Å²) in [6, 6.07) is 8.46. The lowest BCUT2D eigenvalue weighted by Crippen LogP contribution is -2.14. The van der Waals surface area contributed by atoms with Crippen molar-refractivity contribution in [2.24, 2.45) is 0 Å². The number of aromatic carboxylic acids is 1. The van der Waals surface area contributed by atoms with E-state index in [-0.39, 0.29) is 17.0 Å². The molecule has 1 amide bonds. The summed E-state index contributed by atoms with van der Waals surface area (Å²) in [5, 5.41) is 21.3. The van der Waals surface area contributed by atoms with Crippen molar-refractivity contribution in [2.75, 3.05) is 5.32 Å². The minimum Gasteiger partial charge on any atom is -0.508 e. The highest BCUT2D eigenvalue weighted by atomic mass is 127. The Balaban J connectivity index is 2.31. The second-order valence-corrected chi connectivity index (χ2v) is 5.69. The number of phenolic OH excluding ortho intramolecular Hbond substituents is 1. The molecule has 2 aromatic rings. The lowest BCUT2D eigenvalue weighted by atomic mass is 10.1. The Kier molecular flexibility index (Phi) is 4.69. The minimum atomic E-state index is -1.25. The molecule has 0 radical (unpaired) electrons. The SMILES string of the molecule is O=C(Nc1ccc(O)cc1C(=O)O)c1ccc(I)c(Cl)c1. The molecule has 0 spiro atoms. The van der Waals surface area contributed by atoms with E-state index in [0.29, 0.717) is 10.6 Å². The van der Waals surface area contributed by atoms with E-state index in [4.69, 9.17) is 16.7 Å². The first-order valence-corrected chi connectivity index (χ1v) is 7.17. The van der Waals surface area contributed by atoms with E-state index in [0.717, 1.165) is 9.64 Å². The van der Waals surface area contributed by atoms with E-state index in [1.54, 1.807) is 12.1 Å². The summed E-state index contributed by atoms with van der Waals surface area (Å²) < 4.78 is 0.807. The molecule has 108 valence electrons. The molecule has 0 aliphatic rings. The molecular weight excluding hydrogens is 409 g/mol. The molecule has 21 heavy (non-hydrogen) atoms. The third-order valence-electron chi connectivity index (χ3n) is 2.66. The van der Waals surface area contributed by atoms with Crippen molar-refractivity contribution in [1.29, 1.82) is 0 Å². The van der Waals surface area contributed by atoms with E-state index in [2.05, 4.69) is 5.32 Å².